The molecule has 138 valence electrons. The van der Waals surface area contributed by atoms with Gasteiger partial charge in [0.25, 0.3) is 0 Å². The Morgan fingerprint density at radius 2 is 1.57 bits per heavy atom. The number of ether oxygens (including phenoxy) is 1. The molecule has 0 aliphatic carbocycles. The van der Waals surface area contributed by atoms with E-state index in [1.54, 1.807) is 19.2 Å². The van der Waals surface area contributed by atoms with Gasteiger partial charge in [0, 0.05) is 25.2 Å². The highest BCUT2D eigenvalue weighted by atomic mass is 16.5. The molecule has 0 atom stereocenters. The lowest BCUT2D eigenvalue weighted by molar-refractivity contribution is -0.266. The Hall–Kier alpha value is -3.78. The lowest BCUT2D eigenvalue weighted by atomic mass is 9.92. The van der Waals surface area contributed by atoms with Crippen LogP contribution in [-0.2, 0) is 0 Å². The van der Waals surface area contributed by atoms with Crippen LogP contribution >= 0.6 is 0 Å². The molecule has 0 aromatic heterocycles. The fourth-order valence-corrected chi connectivity index (χ4v) is 3.73. The van der Waals surface area contributed by atoms with E-state index in [2.05, 4.69) is 34.1 Å². The fraction of sp³-hybridized carbons (Fsp3) is 0.130. The number of nitrogens with zero attached hydrogens (tertiary/aromatic N) is 3. The van der Waals surface area contributed by atoms with Crippen molar-refractivity contribution in [2.45, 2.75) is 0 Å². The Kier molecular flexibility index (Phi) is 4.25. The van der Waals surface area contributed by atoms with Gasteiger partial charge in [0.05, 0.1) is 12.5 Å². The van der Waals surface area contributed by atoms with Crippen LogP contribution in [0.3, 0.4) is 0 Å². The standard InChI is InChI=1S/C23H19N3O2/c1-26(2)21-9-5-7-15-16(6-4-8-18(15)21)19-12-14(28-3)13-20-17(19)10-11-22(27)23(20)25-24/h4-13H,1-3H3. The van der Waals surface area contributed by atoms with Crippen LogP contribution < -0.4 is 14.7 Å². The van der Waals surface area contributed by atoms with E-state index in [4.69, 9.17) is 4.74 Å². The van der Waals surface area contributed by atoms with Gasteiger partial charge >= 0.3 is 5.69 Å². The van der Waals surface area contributed by atoms with E-state index in [1.807, 2.05) is 32.3 Å². The van der Waals surface area contributed by atoms with E-state index in [9.17, 15) is 10.5 Å². The molecular weight excluding hydrogens is 350 g/mol. The maximum atomic E-state index is 12.1. The third-order valence-corrected chi connectivity index (χ3v) is 5.05. The second-order valence-electron chi connectivity index (χ2n) is 6.85. The maximum absolute atomic E-state index is 12.1. The molecule has 0 N–H and O–H groups in total. The number of rotatable bonds is 3. The zero-order valence-corrected chi connectivity index (χ0v) is 15.9. The first-order chi connectivity index (χ1) is 13.5. The van der Waals surface area contributed by atoms with Crippen molar-refractivity contribution in [3.05, 3.63) is 65.6 Å². The van der Waals surface area contributed by atoms with Crippen molar-refractivity contribution < 1.29 is 9.84 Å². The van der Waals surface area contributed by atoms with E-state index in [-0.39, 0.29) is 11.4 Å². The summed E-state index contributed by atoms with van der Waals surface area (Å²) in [6.07, 6.45) is 0. The Morgan fingerprint density at radius 1 is 0.857 bits per heavy atom. The summed E-state index contributed by atoms with van der Waals surface area (Å²) >= 11 is 0. The Morgan fingerprint density at radius 3 is 2.29 bits per heavy atom. The summed E-state index contributed by atoms with van der Waals surface area (Å²) in [7, 11) is 5.62. The van der Waals surface area contributed by atoms with Crippen LogP contribution in [0.2, 0.25) is 0 Å². The van der Waals surface area contributed by atoms with Gasteiger partial charge in [-0.15, -0.1) is 0 Å². The number of diazo groups is 1. The molecule has 0 bridgehead atoms. The lowest BCUT2D eigenvalue weighted by Crippen LogP contribution is -2.08. The molecule has 0 saturated heterocycles. The molecule has 0 unspecified atom stereocenters. The van der Waals surface area contributed by atoms with E-state index < -0.39 is 0 Å². The number of hydrogen-bond donors (Lipinski definition) is 0. The third kappa shape index (κ3) is 2.67. The number of hydrogen-bond acceptors (Lipinski definition) is 4. The second-order valence-corrected chi connectivity index (χ2v) is 6.85. The zero-order valence-electron chi connectivity index (χ0n) is 15.9. The summed E-state index contributed by atoms with van der Waals surface area (Å²) < 4.78 is 5.46. The molecule has 0 spiro atoms. The second kappa shape index (κ2) is 6.75. The van der Waals surface area contributed by atoms with Crippen LogP contribution in [0.4, 0.5) is 11.4 Å². The van der Waals surface area contributed by atoms with Crippen LogP contribution in [0.5, 0.6) is 11.5 Å². The molecule has 0 fully saturated rings. The van der Waals surface area contributed by atoms with Crippen LogP contribution in [-0.4, -0.2) is 21.2 Å². The van der Waals surface area contributed by atoms with Gasteiger partial charge in [-0.2, -0.15) is 0 Å². The van der Waals surface area contributed by atoms with Gasteiger partial charge in [-0.05, 0) is 45.8 Å². The quantitative estimate of drug-likeness (QED) is 0.460. The molecule has 0 aliphatic heterocycles. The molecule has 0 saturated carbocycles. The van der Waals surface area contributed by atoms with Gasteiger partial charge in [-0.1, -0.05) is 42.5 Å². The van der Waals surface area contributed by atoms with Crippen molar-refractivity contribution in [1.29, 1.82) is 5.39 Å². The van der Waals surface area contributed by atoms with Gasteiger partial charge in [0.1, 0.15) is 5.75 Å². The van der Waals surface area contributed by atoms with Gasteiger partial charge in [0.15, 0.2) is 4.98 Å². The molecule has 4 aromatic rings. The normalized spacial score (nSPS) is 10.8. The van der Waals surface area contributed by atoms with Gasteiger partial charge < -0.3 is 14.7 Å². The smallest absolute Gasteiger partial charge is 0.385 e. The van der Waals surface area contributed by atoms with E-state index >= 15 is 0 Å². The summed E-state index contributed by atoms with van der Waals surface area (Å²) in [6, 6.07) is 19.3. The number of benzene rings is 4. The summed E-state index contributed by atoms with van der Waals surface area (Å²) in [5.41, 5.74) is 3.08. The summed E-state index contributed by atoms with van der Waals surface area (Å²) in [6.45, 7) is 0. The Balaban J connectivity index is 2.13. The minimum Gasteiger partial charge on any atom is -0.867 e. The molecule has 0 aliphatic rings. The van der Waals surface area contributed by atoms with Crippen molar-refractivity contribution in [2.24, 2.45) is 0 Å². The largest absolute Gasteiger partial charge is 0.867 e. The minimum absolute atomic E-state index is 0.0202. The topological polar surface area (TPSA) is 63.7 Å². The summed E-state index contributed by atoms with van der Waals surface area (Å²) in [5.74, 6) is 0.265. The maximum Gasteiger partial charge on any atom is 0.385 e. The molecule has 28 heavy (non-hydrogen) atoms. The first-order valence-electron chi connectivity index (χ1n) is 8.91. The Labute approximate surface area is 163 Å². The predicted molar refractivity (Wildman–Crippen MR) is 112 cm³/mol. The molecule has 0 radical (unpaired) electrons. The van der Waals surface area contributed by atoms with Gasteiger partial charge in [0.2, 0.25) is 5.39 Å². The minimum atomic E-state index is -0.331. The number of fused-ring (bicyclic) bond motifs is 2. The van der Waals surface area contributed by atoms with Crippen LogP contribution in [0.25, 0.3) is 37.6 Å². The average Bonchev–Trinajstić information content (AvgIpc) is 2.71. The van der Waals surface area contributed by atoms with Gasteiger partial charge in [-0.25, -0.2) is 0 Å². The van der Waals surface area contributed by atoms with E-state index in [0.717, 1.165) is 33.0 Å². The summed E-state index contributed by atoms with van der Waals surface area (Å²) in [4.78, 5) is 5.32. The molecule has 0 amide bonds. The molecule has 0 heterocycles. The van der Waals surface area contributed by atoms with Crippen molar-refractivity contribution in [2.75, 3.05) is 26.1 Å². The molecular formula is C23H19N3O2. The van der Waals surface area contributed by atoms with E-state index in [1.165, 1.54) is 6.07 Å². The lowest BCUT2D eigenvalue weighted by Gasteiger charge is -2.18. The van der Waals surface area contributed by atoms with Crippen LogP contribution in [0.1, 0.15) is 0 Å². The van der Waals surface area contributed by atoms with Crippen LogP contribution in [0.15, 0.2) is 60.7 Å². The Bertz CT molecular complexity index is 1260. The molecule has 4 rings (SSSR count). The highest BCUT2D eigenvalue weighted by Gasteiger charge is 2.19. The van der Waals surface area contributed by atoms with Crippen molar-refractivity contribution >= 4 is 32.9 Å². The third-order valence-electron chi connectivity index (χ3n) is 5.05. The highest BCUT2D eigenvalue weighted by molar-refractivity contribution is 6.11. The van der Waals surface area contributed by atoms with Gasteiger partial charge in [-0.3, -0.25) is 0 Å². The molecule has 5 heteroatoms. The first kappa shape index (κ1) is 17.6. The predicted octanol–water partition coefficient (Wildman–Crippen LogP) is 5.29. The van der Waals surface area contributed by atoms with Crippen molar-refractivity contribution in [3.63, 3.8) is 0 Å². The summed E-state index contributed by atoms with van der Waals surface area (Å²) in [5, 5.41) is 25.2. The first-order valence-corrected chi connectivity index (χ1v) is 8.91. The van der Waals surface area contributed by atoms with Crippen molar-refractivity contribution in [1.82, 2.24) is 0 Å². The fourth-order valence-electron chi connectivity index (χ4n) is 3.73. The number of anilines is 1. The highest BCUT2D eigenvalue weighted by Crippen LogP contribution is 2.43. The number of methoxy groups -OCH3 is 1. The SMILES string of the molecule is COc1cc(-c2cccc3c(N(C)C)cccc23)c2ccc([O-])c([N+]#N)c2c1. The zero-order chi connectivity index (χ0) is 19.8. The van der Waals surface area contributed by atoms with Crippen molar-refractivity contribution in [3.8, 4) is 22.6 Å². The monoisotopic (exact) mass is 369 g/mol. The average molecular weight is 369 g/mol. The molecule has 5 nitrogen and oxygen atoms in total. The molecule has 4 aromatic carbocycles. The van der Waals surface area contributed by atoms with Crippen LogP contribution in [0, 0.1) is 5.39 Å². The van der Waals surface area contributed by atoms with E-state index in [0.29, 0.717) is 11.1 Å².